The van der Waals surface area contributed by atoms with Crippen LogP contribution in [0.3, 0.4) is 0 Å². The van der Waals surface area contributed by atoms with E-state index in [4.69, 9.17) is 0 Å². The molecule has 8 heteroatoms. The molecule has 2 unspecified atom stereocenters. The van der Waals surface area contributed by atoms with Crippen LogP contribution in [0.5, 0.6) is 0 Å². The minimum atomic E-state index is 0.515. The van der Waals surface area contributed by atoms with Gasteiger partial charge in [0, 0.05) is 46.3 Å². The van der Waals surface area contributed by atoms with Gasteiger partial charge in [0.2, 0.25) is 0 Å². The molecule has 0 aromatic carbocycles. The topological polar surface area (TPSA) is 34.0 Å². The van der Waals surface area contributed by atoms with Crippen LogP contribution in [0.1, 0.15) is 23.7 Å². The van der Waals surface area contributed by atoms with Gasteiger partial charge in [0.05, 0.1) is 34.3 Å². The maximum Gasteiger partial charge on any atom is 0.0920 e. The third kappa shape index (κ3) is 4.02. The molecule has 0 saturated carbocycles. The van der Waals surface area contributed by atoms with E-state index in [1.54, 1.807) is 0 Å². The summed E-state index contributed by atoms with van der Waals surface area (Å²) in [7, 11) is 0. The SMILES string of the molecule is ICCC1Cc2c(nnn2I)C(CI)CN(I)C1. The van der Waals surface area contributed by atoms with E-state index in [2.05, 4.69) is 104 Å². The molecule has 2 rings (SSSR count). The van der Waals surface area contributed by atoms with Gasteiger partial charge in [-0.05, 0) is 23.2 Å². The highest BCUT2D eigenvalue weighted by molar-refractivity contribution is 14.1. The molecule has 0 fully saturated rings. The normalized spacial score (nSPS) is 25.6. The molecule has 0 N–H and O–H groups in total. The number of nitrogens with zero attached hydrogens (tertiary/aromatic N) is 4. The van der Waals surface area contributed by atoms with Crippen LogP contribution in [0.25, 0.3) is 0 Å². The molecule has 1 aliphatic heterocycles. The fourth-order valence-electron chi connectivity index (χ4n) is 2.28. The van der Waals surface area contributed by atoms with Crippen molar-refractivity contribution in [2.24, 2.45) is 5.92 Å². The summed E-state index contributed by atoms with van der Waals surface area (Å²) < 4.78 is 6.72. The van der Waals surface area contributed by atoms with E-state index in [1.165, 1.54) is 28.8 Å². The van der Waals surface area contributed by atoms with Gasteiger partial charge in [-0.2, -0.15) is 2.90 Å². The summed E-state index contributed by atoms with van der Waals surface area (Å²) in [6.45, 7) is 2.27. The minimum absolute atomic E-state index is 0.515. The lowest BCUT2D eigenvalue weighted by Crippen LogP contribution is -2.31. The first-order valence-electron chi connectivity index (χ1n) is 5.79. The molecule has 0 saturated heterocycles. The van der Waals surface area contributed by atoms with Crippen LogP contribution in [-0.4, -0.2) is 38.3 Å². The number of halogens is 4. The van der Waals surface area contributed by atoms with E-state index in [1.807, 2.05) is 2.90 Å². The van der Waals surface area contributed by atoms with Crippen molar-refractivity contribution < 1.29 is 0 Å². The zero-order valence-corrected chi connectivity index (χ0v) is 18.3. The van der Waals surface area contributed by atoms with Crippen molar-refractivity contribution in [1.82, 2.24) is 16.3 Å². The van der Waals surface area contributed by atoms with Gasteiger partial charge in [0.15, 0.2) is 0 Å². The highest BCUT2D eigenvalue weighted by Crippen LogP contribution is 2.30. The molecule has 0 bridgehead atoms. The Bertz CT molecular complexity index is 397. The van der Waals surface area contributed by atoms with Crippen LogP contribution >= 0.6 is 90.9 Å². The molecule has 0 radical (unpaired) electrons. The molecular weight excluding hydrogens is 684 g/mol. The van der Waals surface area contributed by atoms with E-state index >= 15 is 0 Å². The lowest BCUT2D eigenvalue weighted by Gasteiger charge is -2.28. The number of hydrogen-bond acceptors (Lipinski definition) is 3. The molecule has 1 aliphatic rings. The summed E-state index contributed by atoms with van der Waals surface area (Å²) in [6, 6.07) is 0. The number of fused-ring (bicyclic) bond motifs is 1. The average molecular weight is 698 g/mol. The molecule has 0 spiro atoms. The Morgan fingerprint density at radius 2 is 2.00 bits per heavy atom. The molecule has 18 heavy (non-hydrogen) atoms. The van der Waals surface area contributed by atoms with Crippen molar-refractivity contribution in [3.05, 3.63) is 11.4 Å². The average Bonchev–Trinajstić information content (AvgIpc) is 2.66. The van der Waals surface area contributed by atoms with Crippen LogP contribution in [0.2, 0.25) is 0 Å². The van der Waals surface area contributed by atoms with E-state index in [0.717, 1.165) is 23.3 Å². The van der Waals surface area contributed by atoms with E-state index in [-0.39, 0.29) is 0 Å². The Morgan fingerprint density at radius 1 is 1.22 bits per heavy atom. The molecule has 102 valence electrons. The van der Waals surface area contributed by atoms with Crippen molar-refractivity contribution in [2.75, 3.05) is 21.9 Å². The maximum atomic E-state index is 4.41. The standard InChI is InChI=1S/C10H14I4N4/c11-2-1-7-3-9-10(15-16-18(9)14)8(4-12)6-17(13)5-7/h7-8H,1-6H2. The predicted octanol–water partition coefficient (Wildman–Crippen LogP) is 3.64. The highest BCUT2D eigenvalue weighted by atomic mass is 127. The fourth-order valence-corrected chi connectivity index (χ4v) is 5.43. The Kier molecular flexibility index (Phi) is 7.16. The molecule has 2 atom stereocenters. The van der Waals surface area contributed by atoms with Gasteiger partial charge in [-0.1, -0.05) is 50.4 Å². The lowest BCUT2D eigenvalue weighted by molar-refractivity contribution is 0.357. The maximum absolute atomic E-state index is 4.41. The molecule has 4 nitrogen and oxygen atoms in total. The molecule has 1 aromatic heterocycles. The number of alkyl halides is 2. The Hall–Kier alpha value is 2.02. The zero-order chi connectivity index (χ0) is 13.1. The molecule has 2 heterocycles. The first kappa shape index (κ1) is 16.4. The fraction of sp³-hybridized carbons (Fsp3) is 0.800. The van der Waals surface area contributed by atoms with Gasteiger partial charge in [0.25, 0.3) is 0 Å². The second kappa shape index (κ2) is 7.87. The van der Waals surface area contributed by atoms with Gasteiger partial charge in [-0.15, -0.1) is 5.10 Å². The second-order valence-corrected chi connectivity index (χ2v) is 8.75. The third-order valence-corrected chi connectivity index (χ3v) is 6.45. The van der Waals surface area contributed by atoms with Crippen LogP contribution < -0.4 is 0 Å². The summed E-state index contributed by atoms with van der Waals surface area (Å²) in [5.74, 6) is 1.24. The molecule has 1 aromatic rings. The van der Waals surface area contributed by atoms with Crippen molar-refractivity contribution in [3.63, 3.8) is 0 Å². The quantitative estimate of drug-likeness (QED) is 0.275. The summed E-state index contributed by atoms with van der Waals surface area (Å²) in [6.07, 6.45) is 2.39. The monoisotopic (exact) mass is 698 g/mol. The van der Waals surface area contributed by atoms with Crippen LogP contribution in [0, 0.1) is 5.92 Å². The number of aromatic nitrogens is 3. The van der Waals surface area contributed by atoms with Crippen molar-refractivity contribution in [3.8, 4) is 0 Å². The predicted molar refractivity (Wildman–Crippen MR) is 107 cm³/mol. The zero-order valence-electron chi connectivity index (χ0n) is 9.70. The van der Waals surface area contributed by atoms with Gasteiger partial charge >= 0.3 is 0 Å². The number of rotatable bonds is 3. The third-order valence-electron chi connectivity index (χ3n) is 3.20. The Balaban J connectivity index is 2.29. The second-order valence-electron chi connectivity index (χ2n) is 4.51. The summed E-state index contributed by atoms with van der Waals surface area (Å²) >= 11 is 9.67. The van der Waals surface area contributed by atoms with Crippen molar-refractivity contribution in [1.29, 1.82) is 0 Å². The van der Waals surface area contributed by atoms with Gasteiger partial charge in [-0.25, -0.2) is 3.11 Å². The molecule has 0 amide bonds. The first-order chi connectivity index (χ1) is 8.65. The summed E-state index contributed by atoms with van der Waals surface area (Å²) in [4.78, 5) is 0. The van der Waals surface area contributed by atoms with Gasteiger partial charge < -0.3 is 0 Å². The van der Waals surface area contributed by atoms with E-state index < -0.39 is 0 Å². The lowest BCUT2D eigenvalue weighted by atomic mass is 9.93. The van der Waals surface area contributed by atoms with Gasteiger partial charge in [0.1, 0.15) is 0 Å². The largest absolute Gasteiger partial charge is 0.247 e. The van der Waals surface area contributed by atoms with Gasteiger partial charge in [-0.3, -0.25) is 0 Å². The minimum Gasteiger partial charge on any atom is -0.247 e. The van der Waals surface area contributed by atoms with Crippen molar-refractivity contribution in [2.45, 2.75) is 18.8 Å². The van der Waals surface area contributed by atoms with Crippen LogP contribution in [0.4, 0.5) is 0 Å². The van der Waals surface area contributed by atoms with Crippen LogP contribution in [-0.2, 0) is 6.42 Å². The number of hydrogen-bond donors (Lipinski definition) is 0. The summed E-state index contributed by atoms with van der Waals surface area (Å²) in [5.41, 5.74) is 2.57. The smallest absolute Gasteiger partial charge is 0.0920 e. The van der Waals surface area contributed by atoms with Crippen molar-refractivity contribution >= 4 is 90.9 Å². The highest BCUT2D eigenvalue weighted by Gasteiger charge is 2.28. The first-order valence-corrected chi connectivity index (χ1v) is 10.8. The van der Waals surface area contributed by atoms with E-state index in [0.29, 0.717) is 5.92 Å². The van der Waals surface area contributed by atoms with E-state index in [9.17, 15) is 0 Å². The Morgan fingerprint density at radius 3 is 2.67 bits per heavy atom. The van der Waals surface area contributed by atoms with Crippen LogP contribution in [0.15, 0.2) is 0 Å². The Labute approximate surface area is 163 Å². The summed E-state index contributed by atoms with van der Waals surface area (Å²) in [5, 5.41) is 8.63. The molecular formula is C10H14I4N4. The molecule has 0 aliphatic carbocycles.